The van der Waals surface area contributed by atoms with Gasteiger partial charge in [-0.15, -0.1) is 0 Å². The minimum absolute atomic E-state index is 0.173. The van der Waals surface area contributed by atoms with Crippen molar-refractivity contribution in [3.05, 3.63) is 51.1 Å². The molecule has 0 unspecified atom stereocenters. The lowest BCUT2D eigenvalue weighted by atomic mass is 10.2. The molecule has 2 heterocycles. The third-order valence-electron chi connectivity index (χ3n) is 3.84. The summed E-state index contributed by atoms with van der Waals surface area (Å²) in [6, 6.07) is 7.83. The van der Waals surface area contributed by atoms with Crippen molar-refractivity contribution in [3.63, 3.8) is 0 Å². The first-order valence-electron chi connectivity index (χ1n) is 8.42. The minimum atomic E-state index is -0.173. The Balaban J connectivity index is 1.85. The summed E-state index contributed by atoms with van der Waals surface area (Å²) in [5, 5.41) is 8.40. The van der Waals surface area contributed by atoms with Crippen LogP contribution in [0, 0.1) is 19.8 Å². The van der Waals surface area contributed by atoms with Crippen LogP contribution < -0.4 is 5.32 Å². The zero-order chi connectivity index (χ0) is 18.8. The van der Waals surface area contributed by atoms with Crippen molar-refractivity contribution < 1.29 is 4.79 Å². The molecule has 1 aromatic heterocycles. The van der Waals surface area contributed by atoms with E-state index in [0.29, 0.717) is 21.1 Å². The predicted octanol–water partition coefficient (Wildman–Crippen LogP) is 4.70. The molecule has 3 rings (SSSR count). The van der Waals surface area contributed by atoms with Crippen molar-refractivity contribution in [1.82, 2.24) is 15.1 Å². The largest absolute Gasteiger partial charge is 0.300 e. The number of aryl methyl sites for hydroxylation is 2. The van der Waals surface area contributed by atoms with Crippen LogP contribution in [0.2, 0.25) is 5.15 Å². The van der Waals surface area contributed by atoms with Crippen molar-refractivity contribution in [2.75, 3.05) is 0 Å². The summed E-state index contributed by atoms with van der Waals surface area (Å²) >= 11 is 7.77. The number of thioether (sulfide) groups is 1. The van der Waals surface area contributed by atoms with Crippen molar-refractivity contribution >= 4 is 46.2 Å². The van der Waals surface area contributed by atoms with Gasteiger partial charge in [-0.25, -0.2) is 4.99 Å². The predicted molar refractivity (Wildman–Crippen MR) is 109 cm³/mol. The molecule has 1 saturated heterocycles. The molecule has 0 bridgehead atoms. The van der Waals surface area contributed by atoms with E-state index in [4.69, 9.17) is 11.6 Å². The number of halogens is 1. The van der Waals surface area contributed by atoms with E-state index >= 15 is 0 Å². The molecule has 1 aliphatic rings. The molecule has 1 amide bonds. The quantitative estimate of drug-likeness (QED) is 0.772. The Labute approximate surface area is 162 Å². The molecule has 0 saturated carbocycles. The third kappa shape index (κ3) is 4.19. The second-order valence-corrected chi connectivity index (χ2v) is 8.07. The van der Waals surface area contributed by atoms with Gasteiger partial charge in [0.05, 0.1) is 16.3 Å². The summed E-state index contributed by atoms with van der Waals surface area (Å²) in [5.41, 5.74) is 3.56. The molecule has 7 heteroatoms. The Morgan fingerprint density at radius 2 is 2.00 bits per heavy atom. The molecule has 0 radical (unpaired) electrons. The van der Waals surface area contributed by atoms with E-state index in [-0.39, 0.29) is 5.91 Å². The van der Waals surface area contributed by atoms with Gasteiger partial charge in [0.25, 0.3) is 5.91 Å². The van der Waals surface area contributed by atoms with Crippen LogP contribution in [0.4, 0.5) is 5.69 Å². The molecule has 136 valence electrons. The van der Waals surface area contributed by atoms with E-state index in [0.717, 1.165) is 23.5 Å². The molecule has 2 aromatic rings. The maximum Gasteiger partial charge on any atom is 0.264 e. The highest BCUT2D eigenvalue weighted by molar-refractivity contribution is 8.18. The van der Waals surface area contributed by atoms with Gasteiger partial charge < -0.3 is 5.32 Å². The van der Waals surface area contributed by atoms with Crippen LogP contribution in [0.3, 0.4) is 0 Å². The molecule has 1 fully saturated rings. The van der Waals surface area contributed by atoms with Crippen LogP contribution in [-0.2, 0) is 11.3 Å². The van der Waals surface area contributed by atoms with Gasteiger partial charge in [-0.05, 0) is 49.7 Å². The molecular weight excluding hydrogens is 368 g/mol. The van der Waals surface area contributed by atoms with E-state index < -0.39 is 0 Å². The second kappa shape index (κ2) is 7.68. The molecule has 5 nitrogen and oxygen atoms in total. The van der Waals surface area contributed by atoms with Crippen LogP contribution in [0.15, 0.2) is 34.2 Å². The second-order valence-electron chi connectivity index (χ2n) is 6.68. The summed E-state index contributed by atoms with van der Waals surface area (Å²) in [6.07, 6.45) is 1.79. The number of nitrogens with zero attached hydrogens (tertiary/aromatic N) is 3. The van der Waals surface area contributed by atoms with Gasteiger partial charge >= 0.3 is 0 Å². The van der Waals surface area contributed by atoms with E-state index in [2.05, 4.69) is 29.3 Å². The zero-order valence-corrected chi connectivity index (χ0v) is 16.8. The number of hydrogen-bond donors (Lipinski definition) is 1. The Kier molecular flexibility index (Phi) is 5.53. The lowest BCUT2D eigenvalue weighted by molar-refractivity contribution is -0.115. The highest BCUT2D eigenvalue weighted by Crippen LogP contribution is 2.31. The fourth-order valence-electron chi connectivity index (χ4n) is 2.55. The third-order valence-corrected chi connectivity index (χ3v) is 5.15. The number of hydrogen-bond acceptors (Lipinski definition) is 4. The molecular formula is C19H21ClN4OS. The van der Waals surface area contributed by atoms with Gasteiger partial charge in [-0.2, -0.15) is 5.10 Å². The topological polar surface area (TPSA) is 59.3 Å². The standard InChI is InChI=1S/C19H21ClN4OS/c1-11(2)10-24-17(20)15(13(4)23-24)9-16-18(25)22-19(26-16)21-14-7-5-12(3)6-8-14/h5-9,11H,10H2,1-4H3,(H,21,22,25)/b16-9-. The van der Waals surface area contributed by atoms with E-state index in [9.17, 15) is 4.79 Å². The smallest absolute Gasteiger partial charge is 0.264 e. The monoisotopic (exact) mass is 388 g/mol. The fraction of sp³-hybridized carbons (Fsp3) is 0.316. The average molecular weight is 389 g/mol. The Bertz CT molecular complexity index is 897. The van der Waals surface area contributed by atoms with Gasteiger partial charge in [-0.1, -0.05) is 43.1 Å². The first-order chi connectivity index (χ1) is 12.3. The van der Waals surface area contributed by atoms with Gasteiger partial charge in [0.1, 0.15) is 5.15 Å². The number of aliphatic imine (C=N–C) groups is 1. The summed E-state index contributed by atoms with van der Waals surface area (Å²) in [7, 11) is 0. The number of nitrogens with one attached hydrogen (secondary N) is 1. The molecule has 0 spiro atoms. The van der Waals surface area contributed by atoms with Crippen molar-refractivity contribution in [3.8, 4) is 0 Å². The van der Waals surface area contributed by atoms with Crippen LogP contribution in [0.25, 0.3) is 6.08 Å². The van der Waals surface area contributed by atoms with Crippen molar-refractivity contribution in [2.45, 2.75) is 34.2 Å². The normalized spacial score (nSPS) is 17.5. The number of carbonyl (C=O) groups is 1. The fourth-order valence-corrected chi connectivity index (χ4v) is 3.67. The van der Waals surface area contributed by atoms with Gasteiger partial charge in [0, 0.05) is 12.1 Å². The van der Waals surface area contributed by atoms with E-state index in [1.54, 1.807) is 10.8 Å². The number of carbonyl (C=O) groups excluding carboxylic acids is 1. The number of amides is 1. The highest BCUT2D eigenvalue weighted by Gasteiger charge is 2.25. The minimum Gasteiger partial charge on any atom is -0.300 e. The lowest BCUT2D eigenvalue weighted by Gasteiger charge is -2.05. The number of aromatic nitrogens is 2. The zero-order valence-electron chi connectivity index (χ0n) is 15.2. The van der Waals surface area contributed by atoms with Crippen LogP contribution >= 0.6 is 23.4 Å². The summed E-state index contributed by atoms with van der Waals surface area (Å²) < 4.78 is 1.78. The van der Waals surface area contributed by atoms with Gasteiger partial charge in [0.15, 0.2) is 5.17 Å². The summed E-state index contributed by atoms with van der Waals surface area (Å²) in [4.78, 5) is 17.3. The van der Waals surface area contributed by atoms with Crippen LogP contribution in [0.5, 0.6) is 0 Å². The van der Waals surface area contributed by atoms with Crippen molar-refractivity contribution in [2.24, 2.45) is 10.9 Å². The van der Waals surface area contributed by atoms with Gasteiger partial charge in [-0.3, -0.25) is 9.48 Å². The molecule has 1 aliphatic heterocycles. The maximum atomic E-state index is 12.3. The maximum absolute atomic E-state index is 12.3. The molecule has 1 N–H and O–H groups in total. The first kappa shape index (κ1) is 18.7. The Hall–Kier alpha value is -2.05. The highest BCUT2D eigenvalue weighted by atomic mass is 35.5. The summed E-state index contributed by atoms with van der Waals surface area (Å²) in [6.45, 7) is 8.88. The average Bonchev–Trinajstić information content (AvgIpc) is 3.04. The molecule has 0 aliphatic carbocycles. The Morgan fingerprint density at radius 1 is 1.31 bits per heavy atom. The molecule has 0 atom stereocenters. The van der Waals surface area contributed by atoms with Crippen LogP contribution in [-0.4, -0.2) is 20.9 Å². The van der Waals surface area contributed by atoms with Gasteiger partial charge in [0.2, 0.25) is 0 Å². The van der Waals surface area contributed by atoms with E-state index in [1.807, 2.05) is 38.1 Å². The van der Waals surface area contributed by atoms with Crippen molar-refractivity contribution in [1.29, 1.82) is 0 Å². The first-order valence-corrected chi connectivity index (χ1v) is 9.62. The SMILES string of the molecule is Cc1ccc(N=C2NC(=O)/C(=C/c3c(C)nn(CC(C)C)c3Cl)S2)cc1. The number of benzene rings is 1. The lowest BCUT2D eigenvalue weighted by Crippen LogP contribution is -2.19. The van der Waals surface area contributed by atoms with Crippen LogP contribution in [0.1, 0.15) is 30.7 Å². The molecule has 1 aromatic carbocycles. The number of rotatable bonds is 4. The molecule has 26 heavy (non-hydrogen) atoms. The number of amidine groups is 1. The Morgan fingerprint density at radius 3 is 2.65 bits per heavy atom. The summed E-state index contributed by atoms with van der Waals surface area (Å²) in [5.74, 6) is 0.262. The van der Waals surface area contributed by atoms with E-state index in [1.165, 1.54) is 17.3 Å².